The van der Waals surface area contributed by atoms with Crippen LogP contribution in [0.1, 0.15) is 31.5 Å². The van der Waals surface area contributed by atoms with Crippen LogP contribution < -0.4 is 15.8 Å². The molecule has 1 aromatic carbocycles. The Morgan fingerprint density at radius 1 is 1.35 bits per heavy atom. The number of benzene rings is 1. The fourth-order valence-corrected chi connectivity index (χ4v) is 2.98. The fourth-order valence-electron chi connectivity index (χ4n) is 1.97. The summed E-state index contributed by atoms with van der Waals surface area (Å²) in [5.74, 6) is 1.11. The molecule has 1 heterocycles. The van der Waals surface area contributed by atoms with Gasteiger partial charge in [0.05, 0.1) is 23.5 Å². The SMILES string of the molecule is COc1ccccc1NC(N)=NCCc1nc(C(C)(C)C)cs1. The van der Waals surface area contributed by atoms with E-state index in [1.807, 2.05) is 24.3 Å². The van der Waals surface area contributed by atoms with E-state index >= 15 is 0 Å². The lowest BCUT2D eigenvalue weighted by Crippen LogP contribution is -2.23. The lowest BCUT2D eigenvalue weighted by Gasteiger charge is -2.14. The Balaban J connectivity index is 1.91. The van der Waals surface area contributed by atoms with Crippen LogP contribution in [-0.4, -0.2) is 24.6 Å². The summed E-state index contributed by atoms with van der Waals surface area (Å²) in [6, 6.07) is 7.60. The van der Waals surface area contributed by atoms with E-state index < -0.39 is 0 Å². The van der Waals surface area contributed by atoms with Crippen molar-refractivity contribution in [3.05, 3.63) is 40.3 Å². The summed E-state index contributed by atoms with van der Waals surface area (Å²) in [4.78, 5) is 9.01. The highest BCUT2D eigenvalue weighted by molar-refractivity contribution is 7.09. The number of rotatable bonds is 5. The number of anilines is 1. The molecule has 1 aromatic heterocycles. The molecule has 5 nitrogen and oxygen atoms in total. The van der Waals surface area contributed by atoms with Crippen LogP contribution in [0.15, 0.2) is 34.6 Å². The molecule has 0 aliphatic heterocycles. The lowest BCUT2D eigenvalue weighted by atomic mass is 9.93. The van der Waals surface area contributed by atoms with Gasteiger partial charge in [0.15, 0.2) is 5.96 Å². The Morgan fingerprint density at radius 3 is 2.74 bits per heavy atom. The van der Waals surface area contributed by atoms with Crippen LogP contribution >= 0.6 is 11.3 Å². The number of guanidine groups is 1. The summed E-state index contributed by atoms with van der Waals surface area (Å²) in [6.07, 6.45) is 0.787. The van der Waals surface area contributed by atoms with Gasteiger partial charge in [-0.05, 0) is 12.1 Å². The zero-order valence-corrected chi connectivity index (χ0v) is 14.9. The Morgan fingerprint density at radius 2 is 2.09 bits per heavy atom. The second-order valence-electron chi connectivity index (χ2n) is 6.22. The highest BCUT2D eigenvalue weighted by atomic mass is 32.1. The number of methoxy groups -OCH3 is 1. The number of ether oxygens (including phenoxy) is 1. The zero-order valence-electron chi connectivity index (χ0n) is 14.1. The second kappa shape index (κ2) is 7.46. The number of hydrogen-bond acceptors (Lipinski definition) is 4. The molecule has 2 aromatic rings. The summed E-state index contributed by atoms with van der Waals surface area (Å²) < 4.78 is 5.27. The molecular weight excluding hydrogens is 308 g/mol. The van der Waals surface area contributed by atoms with Crippen molar-refractivity contribution in [3.8, 4) is 5.75 Å². The number of para-hydroxylation sites is 2. The first-order valence-electron chi connectivity index (χ1n) is 7.55. The predicted octanol–water partition coefficient (Wildman–Crippen LogP) is 3.42. The van der Waals surface area contributed by atoms with Crippen molar-refractivity contribution in [1.82, 2.24) is 4.98 Å². The summed E-state index contributed by atoms with van der Waals surface area (Å²) in [7, 11) is 1.63. The largest absolute Gasteiger partial charge is 0.495 e. The van der Waals surface area contributed by atoms with Crippen molar-refractivity contribution >= 4 is 23.0 Å². The van der Waals surface area contributed by atoms with E-state index in [2.05, 4.69) is 41.4 Å². The molecule has 2 rings (SSSR count). The molecule has 0 bridgehead atoms. The maximum Gasteiger partial charge on any atom is 0.193 e. The lowest BCUT2D eigenvalue weighted by molar-refractivity contribution is 0.417. The quantitative estimate of drug-likeness (QED) is 0.650. The molecule has 0 aliphatic carbocycles. The Labute approximate surface area is 141 Å². The van der Waals surface area contributed by atoms with Crippen molar-refractivity contribution in [2.75, 3.05) is 19.0 Å². The Kier molecular flexibility index (Phi) is 5.60. The average Bonchev–Trinajstić information content (AvgIpc) is 2.97. The standard InChI is InChI=1S/C17H24N4OS/c1-17(2,3)14-11-23-15(21-14)9-10-19-16(18)20-12-7-5-6-8-13(12)22-4/h5-8,11H,9-10H2,1-4H3,(H3,18,19,20). The zero-order chi connectivity index (χ0) is 16.9. The monoisotopic (exact) mass is 332 g/mol. The minimum atomic E-state index is 0.0858. The van der Waals surface area contributed by atoms with Gasteiger partial charge in [0.2, 0.25) is 0 Å². The highest BCUT2D eigenvalue weighted by Gasteiger charge is 2.17. The van der Waals surface area contributed by atoms with Gasteiger partial charge in [-0.3, -0.25) is 4.99 Å². The molecular formula is C17H24N4OS. The molecule has 0 radical (unpaired) electrons. The maximum absolute atomic E-state index is 5.93. The summed E-state index contributed by atoms with van der Waals surface area (Å²) in [5, 5.41) is 6.27. The third-order valence-electron chi connectivity index (χ3n) is 3.30. The van der Waals surface area contributed by atoms with E-state index in [0.29, 0.717) is 12.5 Å². The minimum absolute atomic E-state index is 0.0858. The first-order valence-corrected chi connectivity index (χ1v) is 8.43. The summed E-state index contributed by atoms with van der Waals surface area (Å²) >= 11 is 1.68. The van der Waals surface area contributed by atoms with Crippen LogP contribution in [0, 0.1) is 0 Å². The molecule has 0 atom stereocenters. The molecule has 6 heteroatoms. The maximum atomic E-state index is 5.93. The molecule has 0 unspecified atom stereocenters. The summed E-state index contributed by atoms with van der Waals surface area (Å²) in [6.45, 7) is 7.10. The third kappa shape index (κ3) is 4.96. The number of nitrogens with one attached hydrogen (secondary N) is 1. The highest BCUT2D eigenvalue weighted by Crippen LogP contribution is 2.24. The van der Waals surface area contributed by atoms with Gasteiger partial charge in [0.1, 0.15) is 5.75 Å². The summed E-state index contributed by atoms with van der Waals surface area (Å²) in [5.41, 5.74) is 7.95. The number of thiazole rings is 1. The molecule has 124 valence electrons. The first kappa shape index (κ1) is 17.3. The van der Waals surface area contributed by atoms with Crippen LogP contribution in [-0.2, 0) is 11.8 Å². The van der Waals surface area contributed by atoms with Gasteiger partial charge >= 0.3 is 0 Å². The number of hydrogen-bond donors (Lipinski definition) is 2. The fraction of sp³-hybridized carbons (Fsp3) is 0.412. The van der Waals surface area contributed by atoms with E-state index in [1.165, 1.54) is 0 Å². The molecule has 3 N–H and O–H groups in total. The smallest absolute Gasteiger partial charge is 0.193 e. The first-order chi connectivity index (χ1) is 10.9. The van der Waals surface area contributed by atoms with Gasteiger partial charge in [0.25, 0.3) is 0 Å². The number of aliphatic imine (C=N–C) groups is 1. The molecule has 0 spiro atoms. The van der Waals surface area contributed by atoms with Gasteiger partial charge in [-0.1, -0.05) is 32.9 Å². The number of nitrogens with zero attached hydrogens (tertiary/aromatic N) is 2. The third-order valence-corrected chi connectivity index (χ3v) is 4.21. The molecule has 0 amide bonds. The van der Waals surface area contributed by atoms with Crippen molar-refractivity contribution in [2.45, 2.75) is 32.6 Å². The van der Waals surface area contributed by atoms with E-state index in [1.54, 1.807) is 18.4 Å². The molecule has 0 aliphatic rings. The van der Waals surface area contributed by atoms with Gasteiger partial charge in [-0.25, -0.2) is 4.98 Å². The van der Waals surface area contributed by atoms with Crippen molar-refractivity contribution in [1.29, 1.82) is 0 Å². The van der Waals surface area contributed by atoms with Crippen LogP contribution in [0.5, 0.6) is 5.75 Å². The average molecular weight is 332 g/mol. The van der Waals surface area contributed by atoms with Gasteiger partial charge < -0.3 is 15.8 Å². The number of aromatic nitrogens is 1. The van der Waals surface area contributed by atoms with Crippen LogP contribution in [0.25, 0.3) is 0 Å². The van der Waals surface area contributed by atoms with Crippen LogP contribution in [0.4, 0.5) is 5.69 Å². The van der Waals surface area contributed by atoms with E-state index in [-0.39, 0.29) is 5.41 Å². The predicted molar refractivity (Wildman–Crippen MR) is 97.6 cm³/mol. The normalized spacial score (nSPS) is 12.3. The van der Waals surface area contributed by atoms with Crippen molar-refractivity contribution in [2.24, 2.45) is 10.7 Å². The van der Waals surface area contributed by atoms with Gasteiger partial charge in [-0.15, -0.1) is 11.3 Å². The Bertz CT molecular complexity index is 673. The van der Waals surface area contributed by atoms with E-state index in [4.69, 9.17) is 10.5 Å². The van der Waals surface area contributed by atoms with Crippen molar-refractivity contribution in [3.63, 3.8) is 0 Å². The second-order valence-corrected chi connectivity index (χ2v) is 7.16. The van der Waals surface area contributed by atoms with Gasteiger partial charge in [-0.2, -0.15) is 0 Å². The minimum Gasteiger partial charge on any atom is -0.495 e. The topological polar surface area (TPSA) is 72.5 Å². The molecule has 0 saturated carbocycles. The number of nitrogens with two attached hydrogens (primary N) is 1. The van der Waals surface area contributed by atoms with E-state index in [9.17, 15) is 0 Å². The molecule has 0 saturated heterocycles. The molecule has 23 heavy (non-hydrogen) atoms. The van der Waals surface area contributed by atoms with E-state index in [0.717, 1.165) is 28.6 Å². The van der Waals surface area contributed by atoms with Gasteiger partial charge in [0, 0.05) is 23.8 Å². The van der Waals surface area contributed by atoms with Crippen LogP contribution in [0.3, 0.4) is 0 Å². The van der Waals surface area contributed by atoms with Crippen LogP contribution in [0.2, 0.25) is 0 Å². The molecule has 0 fully saturated rings. The van der Waals surface area contributed by atoms with Crippen molar-refractivity contribution < 1.29 is 4.74 Å². The Hall–Kier alpha value is -2.08.